The Kier molecular flexibility index (Phi) is 10.4. The Morgan fingerprint density at radius 2 is 1.76 bits per heavy atom. The Balaban J connectivity index is 1.88. The van der Waals surface area contributed by atoms with E-state index in [4.69, 9.17) is 10.5 Å². The van der Waals surface area contributed by atoms with E-state index >= 15 is 0 Å². The van der Waals surface area contributed by atoms with E-state index in [1.54, 1.807) is 12.0 Å². The summed E-state index contributed by atoms with van der Waals surface area (Å²) in [5.74, 6) is -0.346. The van der Waals surface area contributed by atoms with Crippen LogP contribution in [0.15, 0.2) is 72.8 Å². The van der Waals surface area contributed by atoms with Gasteiger partial charge >= 0.3 is 0 Å². The third-order valence-corrected chi connectivity index (χ3v) is 6.27. The fraction of sp³-hybridized carbons (Fsp3) is 0.300. The number of carbonyl (C=O) groups excluding carboxylic acids is 2. The molecule has 0 aliphatic rings. The molecule has 0 radical (unpaired) electrons. The zero-order valence-corrected chi connectivity index (χ0v) is 21.8. The lowest BCUT2D eigenvalue weighted by Gasteiger charge is -2.35. The van der Waals surface area contributed by atoms with E-state index in [0.717, 1.165) is 16.9 Å². The minimum Gasteiger partial charge on any atom is -0.497 e. The second-order valence-corrected chi connectivity index (χ2v) is 9.08. The van der Waals surface area contributed by atoms with Gasteiger partial charge in [0.05, 0.1) is 30.9 Å². The lowest BCUT2D eigenvalue weighted by Crippen LogP contribution is -2.51. The van der Waals surface area contributed by atoms with Gasteiger partial charge in [0.2, 0.25) is 5.91 Å². The highest BCUT2D eigenvalue weighted by molar-refractivity contribution is 5.99. The van der Waals surface area contributed by atoms with Crippen molar-refractivity contribution in [3.8, 4) is 11.8 Å². The first kappa shape index (κ1) is 28.4. The van der Waals surface area contributed by atoms with Crippen LogP contribution >= 0.6 is 0 Å². The van der Waals surface area contributed by atoms with Gasteiger partial charge in [-0.2, -0.15) is 5.26 Å². The van der Waals surface area contributed by atoms with Crippen molar-refractivity contribution in [1.82, 2.24) is 10.2 Å². The van der Waals surface area contributed by atoms with Crippen LogP contribution in [0.1, 0.15) is 50.8 Å². The number of amides is 2. The topological polar surface area (TPSA) is 129 Å². The third kappa shape index (κ3) is 7.65. The molecule has 2 amide bonds. The fourth-order valence-electron chi connectivity index (χ4n) is 4.37. The highest BCUT2D eigenvalue weighted by Crippen LogP contribution is 2.20. The van der Waals surface area contributed by atoms with Crippen molar-refractivity contribution in [1.29, 1.82) is 5.26 Å². The van der Waals surface area contributed by atoms with Gasteiger partial charge in [-0.1, -0.05) is 49.4 Å². The van der Waals surface area contributed by atoms with Gasteiger partial charge in [-0.05, 0) is 54.3 Å². The van der Waals surface area contributed by atoms with Gasteiger partial charge in [-0.25, -0.2) is 0 Å². The monoisotopic (exact) mass is 514 g/mol. The molecule has 8 nitrogen and oxygen atoms in total. The zero-order valence-electron chi connectivity index (χ0n) is 21.8. The summed E-state index contributed by atoms with van der Waals surface area (Å²) in [6.45, 7) is 3.09. The summed E-state index contributed by atoms with van der Waals surface area (Å²) >= 11 is 0. The molecule has 0 aliphatic carbocycles. The van der Waals surface area contributed by atoms with Gasteiger partial charge in [0.1, 0.15) is 5.75 Å². The van der Waals surface area contributed by atoms with Crippen molar-refractivity contribution in [3.05, 3.63) is 101 Å². The van der Waals surface area contributed by atoms with Crippen LogP contribution < -0.4 is 15.8 Å². The molecule has 2 atom stereocenters. The summed E-state index contributed by atoms with van der Waals surface area (Å²) in [4.78, 5) is 27.3. The van der Waals surface area contributed by atoms with Crippen molar-refractivity contribution >= 4 is 11.8 Å². The molecular weight excluding hydrogens is 480 g/mol. The Morgan fingerprint density at radius 1 is 1.05 bits per heavy atom. The predicted molar refractivity (Wildman–Crippen MR) is 146 cm³/mol. The molecule has 0 unspecified atom stereocenters. The van der Waals surface area contributed by atoms with Gasteiger partial charge in [0, 0.05) is 30.8 Å². The first-order valence-corrected chi connectivity index (χ1v) is 12.6. The normalized spacial score (nSPS) is 12.3. The van der Waals surface area contributed by atoms with Gasteiger partial charge < -0.3 is 25.8 Å². The molecule has 0 heterocycles. The number of aliphatic hydroxyl groups is 1. The Hall–Kier alpha value is -4.19. The van der Waals surface area contributed by atoms with Crippen LogP contribution in [0.2, 0.25) is 0 Å². The summed E-state index contributed by atoms with van der Waals surface area (Å²) in [6.07, 6.45) is 0.183. The Bertz CT molecular complexity index is 1270. The Morgan fingerprint density at radius 3 is 2.42 bits per heavy atom. The number of ether oxygens (including phenoxy) is 1. The van der Waals surface area contributed by atoms with E-state index in [-0.39, 0.29) is 29.1 Å². The number of nitrogens with zero attached hydrogens (tertiary/aromatic N) is 2. The number of aliphatic hydroxyl groups excluding tert-OH is 1. The second kappa shape index (κ2) is 13.9. The van der Waals surface area contributed by atoms with E-state index in [2.05, 4.69) is 5.32 Å². The number of nitrogens with one attached hydrogen (secondary N) is 1. The average molecular weight is 515 g/mol. The van der Waals surface area contributed by atoms with Crippen LogP contribution in [0.25, 0.3) is 0 Å². The maximum Gasteiger partial charge on any atom is 0.254 e. The van der Waals surface area contributed by atoms with Gasteiger partial charge in [0.25, 0.3) is 5.91 Å². The summed E-state index contributed by atoms with van der Waals surface area (Å²) in [6, 6.07) is 23.0. The summed E-state index contributed by atoms with van der Waals surface area (Å²) in [5, 5.41) is 24.1. The first-order chi connectivity index (χ1) is 18.4. The number of nitrogens with two attached hydrogens (primary N) is 1. The maximum atomic E-state index is 13.8. The van der Waals surface area contributed by atoms with Crippen LogP contribution in [0.4, 0.5) is 0 Å². The first-order valence-electron chi connectivity index (χ1n) is 12.6. The fourth-order valence-corrected chi connectivity index (χ4v) is 4.37. The van der Waals surface area contributed by atoms with Crippen LogP contribution in [-0.2, 0) is 13.0 Å². The molecule has 0 aromatic heterocycles. The molecule has 8 heteroatoms. The van der Waals surface area contributed by atoms with Crippen molar-refractivity contribution in [2.24, 2.45) is 5.73 Å². The molecule has 0 saturated carbocycles. The van der Waals surface area contributed by atoms with Gasteiger partial charge in [0.15, 0.2) is 0 Å². The SMILES string of the molecule is CCCN(C(=O)c1cc(C#N)cc(C(N)=O)c1)[C@@H](Cc1ccccc1)[C@H](O)CNCc1cccc(OC)c1. The van der Waals surface area contributed by atoms with Crippen molar-refractivity contribution in [2.45, 2.75) is 38.5 Å². The molecule has 4 N–H and O–H groups in total. The lowest BCUT2D eigenvalue weighted by atomic mass is 9.97. The smallest absolute Gasteiger partial charge is 0.254 e. The average Bonchev–Trinajstić information content (AvgIpc) is 2.94. The number of methoxy groups -OCH3 is 1. The van der Waals surface area contributed by atoms with E-state index in [0.29, 0.717) is 25.9 Å². The van der Waals surface area contributed by atoms with E-state index in [1.807, 2.05) is 67.6 Å². The molecule has 0 bridgehead atoms. The minimum atomic E-state index is -0.897. The highest BCUT2D eigenvalue weighted by Gasteiger charge is 2.30. The molecule has 3 aromatic carbocycles. The van der Waals surface area contributed by atoms with E-state index < -0.39 is 18.1 Å². The Labute approximate surface area is 223 Å². The molecule has 0 aliphatic heterocycles. The predicted octanol–water partition coefficient (Wildman–Crippen LogP) is 3.28. The minimum absolute atomic E-state index is 0.0870. The quantitative estimate of drug-likeness (QED) is 0.321. The van der Waals surface area contributed by atoms with E-state index in [9.17, 15) is 20.0 Å². The van der Waals surface area contributed by atoms with Gasteiger partial charge in [-0.15, -0.1) is 0 Å². The maximum absolute atomic E-state index is 13.8. The number of nitriles is 1. The second-order valence-electron chi connectivity index (χ2n) is 9.08. The summed E-state index contributed by atoms with van der Waals surface area (Å²) in [7, 11) is 1.61. The molecule has 3 aromatic rings. The third-order valence-electron chi connectivity index (χ3n) is 6.27. The molecule has 198 valence electrons. The zero-order chi connectivity index (χ0) is 27.5. The van der Waals surface area contributed by atoms with E-state index in [1.165, 1.54) is 18.2 Å². The summed E-state index contributed by atoms with van der Waals surface area (Å²) in [5.41, 5.74) is 7.86. The van der Waals surface area contributed by atoms with Crippen molar-refractivity contribution in [3.63, 3.8) is 0 Å². The highest BCUT2D eigenvalue weighted by atomic mass is 16.5. The lowest BCUT2D eigenvalue weighted by molar-refractivity contribution is 0.0353. The molecular formula is C30H34N4O4. The standard InChI is InChI=1S/C30H34N4O4/c1-3-12-34(30(37)25-14-23(18-31)13-24(17-25)29(32)36)27(16-21-8-5-4-6-9-21)28(35)20-33-19-22-10-7-11-26(15-22)38-2/h4-11,13-15,17,27-28,33,35H,3,12,16,19-20H2,1-2H3,(H2,32,36)/t27-,28+/m0/s1. The van der Waals surface area contributed by atoms with Gasteiger partial charge in [-0.3, -0.25) is 9.59 Å². The van der Waals surface area contributed by atoms with Crippen LogP contribution in [0.3, 0.4) is 0 Å². The largest absolute Gasteiger partial charge is 0.497 e. The number of primary amides is 1. The van der Waals surface area contributed by atoms with Crippen molar-refractivity contribution < 1.29 is 19.4 Å². The number of rotatable bonds is 13. The number of hydrogen-bond donors (Lipinski definition) is 3. The molecule has 0 fully saturated rings. The van der Waals surface area contributed by atoms with Crippen molar-refractivity contribution in [2.75, 3.05) is 20.2 Å². The number of carbonyl (C=O) groups is 2. The molecule has 0 spiro atoms. The number of benzene rings is 3. The summed E-state index contributed by atoms with van der Waals surface area (Å²) < 4.78 is 5.28. The van der Waals surface area contributed by atoms with Crippen LogP contribution in [0.5, 0.6) is 5.75 Å². The molecule has 0 saturated heterocycles. The van der Waals surface area contributed by atoms with Crippen LogP contribution in [-0.4, -0.2) is 54.2 Å². The molecule has 38 heavy (non-hydrogen) atoms. The molecule has 3 rings (SSSR count). The number of hydrogen-bond acceptors (Lipinski definition) is 6. The van der Waals surface area contributed by atoms with Crippen LogP contribution in [0, 0.1) is 11.3 Å².